The van der Waals surface area contributed by atoms with Gasteiger partial charge in [0, 0.05) is 29.6 Å². The third-order valence-electron chi connectivity index (χ3n) is 5.98. The third kappa shape index (κ3) is 3.25. The van der Waals surface area contributed by atoms with Gasteiger partial charge in [-0.15, -0.1) is 0 Å². The van der Waals surface area contributed by atoms with Crippen LogP contribution in [0.15, 0.2) is 60.7 Å². The van der Waals surface area contributed by atoms with Crippen molar-refractivity contribution in [3.63, 3.8) is 0 Å². The van der Waals surface area contributed by atoms with Crippen molar-refractivity contribution in [1.82, 2.24) is 0 Å². The van der Waals surface area contributed by atoms with Gasteiger partial charge in [0.25, 0.3) is 0 Å². The molecule has 26 heavy (non-hydrogen) atoms. The lowest BCUT2D eigenvalue weighted by Gasteiger charge is -2.47. The van der Waals surface area contributed by atoms with Crippen LogP contribution in [0, 0.1) is 17.3 Å². The Labute approximate surface area is 156 Å². The zero-order valence-corrected chi connectivity index (χ0v) is 16.1. The maximum absolute atomic E-state index is 13.3. The van der Waals surface area contributed by atoms with E-state index in [-0.39, 0.29) is 35.2 Å². The lowest BCUT2D eigenvalue weighted by atomic mass is 9.54. The number of hydrogen-bond donors (Lipinski definition) is 0. The van der Waals surface area contributed by atoms with E-state index >= 15 is 0 Å². The minimum absolute atomic E-state index is 0.0150. The number of carbonyl (C=O) groups excluding carboxylic acids is 2. The molecule has 0 aromatic heterocycles. The maximum Gasteiger partial charge on any atom is 0.140 e. The van der Waals surface area contributed by atoms with E-state index in [0.717, 1.165) is 11.1 Å². The highest BCUT2D eigenvalue weighted by Gasteiger charge is 2.53. The van der Waals surface area contributed by atoms with Crippen LogP contribution in [0.3, 0.4) is 0 Å². The molecule has 2 aromatic carbocycles. The first kappa shape index (κ1) is 18.6. The first-order valence-electron chi connectivity index (χ1n) is 9.51. The third-order valence-corrected chi connectivity index (χ3v) is 5.98. The molecule has 3 unspecified atom stereocenters. The van der Waals surface area contributed by atoms with E-state index in [2.05, 4.69) is 24.3 Å². The van der Waals surface area contributed by atoms with Gasteiger partial charge in [-0.25, -0.2) is 0 Å². The molecule has 0 aliphatic heterocycles. The molecule has 3 rings (SSSR count). The number of Topliss-reactive ketones (excluding diaryl/α,β-unsaturated/α-hetero) is 2. The normalized spacial score (nSPS) is 25.3. The largest absolute Gasteiger partial charge is 0.299 e. The zero-order valence-electron chi connectivity index (χ0n) is 16.1. The molecule has 136 valence electrons. The molecule has 0 bridgehead atoms. The average molecular weight is 348 g/mol. The summed E-state index contributed by atoms with van der Waals surface area (Å²) in [5.41, 5.74) is 1.65. The van der Waals surface area contributed by atoms with Crippen LogP contribution < -0.4 is 0 Å². The fourth-order valence-electron chi connectivity index (χ4n) is 4.46. The lowest BCUT2D eigenvalue weighted by molar-refractivity contribution is -0.144. The van der Waals surface area contributed by atoms with E-state index in [9.17, 15) is 9.59 Å². The molecule has 0 heterocycles. The fraction of sp³-hybridized carbons (Fsp3) is 0.417. The molecule has 1 fully saturated rings. The summed E-state index contributed by atoms with van der Waals surface area (Å²) in [6, 6.07) is 20.5. The second-order valence-electron chi connectivity index (χ2n) is 8.34. The highest BCUT2D eigenvalue weighted by molar-refractivity contribution is 5.95. The maximum atomic E-state index is 13.3. The first-order valence-corrected chi connectivity index (χ1v) is 9.51. The molecular weight excluding hydrogens is 320 g/mol. The molecule has 1 aliphatic rings. The summed E-state index contributed by atoms with van der Waals surface area (Å²) in [6.45, 7) is 7.79. The Morgan fingerprint density at radius 3 is 1.92 bits per heavy atom. The quantitative estimate of drug-likeness (QED) is 0.742. The summed E-state index contributed by atoms with van der Waals surface area (Å²) in [6.07, 6.45) is 0.485. The van der Waals surface area contributed by atoms with Crippen molar-refractivity contribution in [2.75, 3.05) is 0 Å². The monoisotopic (exact) mass is 348 g/mol. The van der Waals surface area contributed by atoms with Gasteiger partial charge in [0.05, 0.1) is 0 Å². The predicted molar refractivity (Wildman–Crippen MR) is 105 cm³/mol. The highest BCUT2D eigenvalue weighted by atomic mass is 16.1. The summed E-state index contributed by atoms with van der Waals surface area (Å²) in [7, 11) is 0. The number of hydrogen-bond acceptors (Lipinski definition) is 2. The van der Waals surface area contributed by atoms with Gasteiger partial charge < -0.3 is 0 Å². The summed E-state index contributed by atoms with van der Waals surface area (Å²) in [5, 5.41) is 0. The van der Waals surface area contributed by atoms with E-state index in [1.165, 1.54) is 0 Å². The lowest BCUT2D eigenvalue weighted by Crippen LogP contribution is -2.49. The van der Waals surface area contributed by atoms with Crippen molar-refractivity contribution in [2.45, 2.75) is 46.0 Å². The molecule has 2 nitrogen and oxygen atoms in total. The Kier molecular flexibility index (Phi) is 5.13. The van der Waals surface area contributed by atoms with E-state index in [0.29, 0.717) is 6.42 Å². The van der Waals surface area contributed by atoms with Gasteiger partial charge in [-0.1, -0.05) is 88.4 Å². The topological polar surface area (TPSA) is 34.1 Å². The molecule has 0 radical (unpaired) electrons. The summed E-state index contributed by atoms with van der Waals surface area (Å²) < 4.78 is 0. The van der Waals surface area contributed by atoms with Gasteiger partial charge in [0.15, 0.2) is 0 Å². The molecule has 2 heteroatoms. The van der Waals surface area contributed by atoms with Crippen molar-refractivity contribution in [3.05, 3.63) is 71.8 Å². The molecule has 1 saturated carbocycles. The van der Waals surface area contributed by atoms with Gasteiger partial charge >= 0.3 is 0 Å². The first-order chi connectivity index (χ1) is 12.3. The molecule has 0 amide bonds. The fourth-order valence-corrected chi connectivity index (χ4v) is 4.46. The Hall–Kier alpha value is -2.22. The molecule has 0 saturated heterocycles. The van der Waals surface area contributed by atoms with E-state index in [4.69, 9.17) is 0 Å². The van der Waals surface area contributed by atoms with Gasteiger partial charge in [-0.05, 0) is 17.0 Å². The number of rotatable bonds is 4. The van der Waals surface area contributed by atoms with Crippen LogP contribution in [0.5, 0.6) is 0 Å². The molecular formula is C24H28O2. The van der Waals surface area contributed by atoms with E-state index in [1.54, 1.807) is 0 Å². The van der Waals surface area contributed by atoms with Crippen molar-refractivity contribution in [2.24, 2.45) is 17.3 Å². The Morgan fingerprint density at radius 2 is 1.42 bits per heavy atom. The van der Waals surface area contributed by atoms with Crippen LogP contribution >= 0.6 is 0 Å². The van der Waals surface area contributed by atoms with Crippen LogP contribution in [-0.2, 0) is 9.59 Å². The van der Waals surface area contributed by atoms with Gasteiger partial charge in [0.2, 0.25) is 0 Å². The predicted octanol–water partition coefficient (Wildman–Crippen LogP) is 5.39. The number of carbonyl (C=O) groups is 2. The molecule has 1 aliphatic carbocycles. The van der Waals surface area contributed by atoms with E-state index in [1.807, 2.05) is 64.1 Å². The summed E-state index contributed by atoms with van der Waals surface area (Å²) >= 11 is 0. The van der Waals surface area contributed by atoms with Crippen molar-refractivity contribution < 1.29 is 9.59 Å². The van der Waals surface area contributed by atoms with E-state index < -0.39 is 5.41 Å². The summed E-state index contributed by atoms with van der Waals surface area (Å²) in [5.74, 6) is 0.0348. The smallest absolute Gasteiger partial charge is 0.140 e. The van der Waals surface area contributed by atoms with Gasteiger partial charge in [0.1, 0.15) is 11.6 Å². The van der Waals surface area contributed by atoms with Crippen LogP contribution in [0.25, 0.3) is 0 Å². The van der Waals surface area contributed by atoms with Crippen LogP contribution in [-0.4, -0.2) is 11.6 Å². The van der Waals surface area contributed by atoms with Crippen LogP contribution in [0.2, 0.25) is 0 Å². The highest BCUT2D eigenvalue weighted by Crippen LogP contribution is 2.54. The second-order valence-corrected chi connectivity index (χ2v) is 8.34. The number of benzene rings is 2. The minimum Gasteiger partial charge on any atom is -0.299 e. The van der Waals surface area contributed by atoms with Crippen LogP contribution in [0.4, 0.5) is 0 Å². The summed E-state index contributed by atoms with van der Waals surface area (Å²) in [4.78, 5) is 26.3. The zero-order chi connectivity index (χ0) is 18.9. The van der Waals surface area contributed by atoms with Gasteiger partial charge in [-0.3, -0.25) is 9.59 Å². The Balaban J connectivity index is 2.19. The Bertz CT molecular complexity index is 774. The SMILES string of the molecule is CC(C)C(=O)C1C(c2ccccc2)C(c2ccccc2)CC(=O)C1(C)C. The number of ketones is 2. The molecule has 2 aromatic rings. The van der Waals surface area contributed by atoms with Gasteiger partial charge in [-0.2, -0.15) is 0 Å². The van der Waals surface area contributed by atoms with Crippen LogP contribution in [0.1, 0.15) is 57.1 Å². The minimum atomic E-state index is -0.646. The average Bonchev–Trinajstić information content (AvgIpc) is 2.64. The molecule has 0 spiro atoms. The molecule has 3 atom stereocenters. The molecule has 0 N–H and O–H groups in total. The standard InChI is InChI=1S/C24H28O2/c1-16(2)23(26)22-21(18-13-9-6-10-14-18)19(15-20(25)24(22,3)4)17-11-7-5-8-12-17/h5-14,16,19,21-22H,15H2,1-4H3. The second kappa shape index (κ2) is 7.19. The van der Waals surface area contributed by atoms with Crippen molar-refractivity contribution in [3.8, 4) is 0 Å². The Morgan fingerprint density at radius 1 is 0.923 bits per heavy atom. The van der Waals surface area contributed by atoms with Crippen molar-refractivity contribution in [1.29, 1.82) is 0 Å². The van der Waals surface area contributed by atoms with Crippen molar-refractivity contribution >= 4 is 11.6 Å².